The Hall–Kier alpha value is -2.70. The largest absolute Gasteiger partial charge is 0.493 e. The molecule has 0 N–H and O–H groups in total. The Morgan fingerprint density at radius 1 is 1.04 bits per heavy atom. The van der Waals surface area contributed by atoms with Crippen molar-refractivity contribution in [2.45, 2.75) is 25.9 Å². The van der Waals surface area contributed by atoms with E-state index < -0.39 is 12.1 Å². The van der Waals surface area contributed by atoms with Gasteiger partial charge < -0.3 is 23.8 Å². The maximum absolute atomic E-state index is 12.2. The minimum Gasteiger partial charge on any atom is -0.493 e. The molecule has 1 amide bonds. The van der Waals surface area contributed by atoms with Crippen molar-refractivity contribution >= 4 is 18.0 Å². The van der Waals surface area contributed by atoms with Crippen LogP contribution in [0.1, 0.15) is 25.3 Å². The predicted molar refractivity (Wildman–Crippen MR) is 96.5 cm³/mol. The first-order valence-electron chi connectivity index (χ1n) is 8.47. The SMILES string of the molecule is COc1cc(/C=C/C(=O)O[C@@H](C)C(=O)N2CCCC2)cc(OC)c1OC. The summed E-state index contributed by atoms with van der Waals surface area (Å²) in [6, 6.07) is 3.42. The first-order chi connectivity index (χ1) is 12.5. The molecule has 0 spiro atoms. The summed E-state index contributed by atoms with van der Waals surface area (Å²) in [5.41, 5.74) is 0.676. The van der Waals surface area contributed by atoms with Gasteiger partial charge in [-0.15, -0.1) is 0 Å². The van der Waals surface area contributed by atoms with Crippen LogP contribution in [0.4, 0.5) is 0 Å². The van der Waals surface area contributed by atoms with Crippen LogP contribution in [-0.2, 0) is 14.3 Å². The number of hydrogen-bond acceptors (Lipinski definition) is 6. The number of carbonyl (C=O) groups excluding carboxylic acids is 2. The Morgan fingerprint density at radius 3 is 2.12 bits per heavy atom. The van der Waals surface area contributed by atoms with E-state index in [1.807, 2.05) is 0 Å². The fourth-order valence-corrected chi connectivity index (χ4v) is 2.82. The number of carbonyl (C=O) groups is 2. The normalized spacial score (nSPS) is 15.0. The van der Waals surface area contributed by atoms with Gasteiger partial charge in [-0.2, -0.15) is 0 Å². The monoisotopic (exact) mass is 363 g/mol. The molecule has 142 valence electrons. The zero-order chi connectivity index (χ0) is 19.1. The smallest absolute Gasteiger partial charge is 0.331 e. The Morgan fingerprint density at radius 2 is 1.62 bits per heavy atom. The highest BCUT2D eigenvalue weighted by molar-refractivity contribution is 5.90. The van der Waals surface area contributed by atoms with Crippen molar-refractivity contribution in [2.75, 3.05) is 34.4 Å². The molecule has 0 bridgehead atoms. The minimum absolute atomic E-state index is 0.156. The van der Waals surface area contributed by atoms with Gasteiger partial charge in [0.05, 0.1) is 21.3 Å². The first-order valence-corrected chi connectivity index (χ1v) is 8.47. The van der Waals surface area contributed by atoms with Gasteiger partial charge in [0.1, 0.15) is 0 Å². The van der Waals surface area contributed by atoms with E-state index in [0.29, 0.717) is 22.8 Å². The molecule has 1 aliphatic rings. The van der Waals surface area contributed by atoms with Crippen molar-refractivity contribution < 1.29 is 28.5 Å². The molecule has 1 heterocycles. The third-order valence-electron chi connectivity index (χ3n) is 4.16. The zero-order valence-electron chi connectivity index (χ0n) is 15.6. The molecule has 1 aromatic rings. The summed E-state index contributed by atoms with van der Waals surface area (Å²) in [7, 11) is 4.56. The average molecular weight is 363 g/mol. The van der Waals surface area contributed by atoms with Gasteiger partial charge in [0.15, 0.2) is 17.6 Å². The van der Waals surface area contributed by atoms with Gasteiger partial charge in [0.25, 0.3) is 5.91 Å². The second kappa shape index (κ2) is 9.12. The van der Waals surface area contributed by atoms with Crippen LogP contribution in [-0.4, -0.2) is 57.3 Å². The molecule has 1 aliphatic heterocycles. The molecule has 0 aromatic heterocycles. The van der Waals surface area contributed by atoms with Crippen LogP contribution in [0, 0.1) is 0 Å². The molecular formula is C19H25NO6. The van der Waals surface area contributed by atoms with Crippen LogP contribution >= 0.6 is 0 Å². The zero-order valence-corrected chi connectivity index (χ0v) is 15.6. The lowest BCUT2D eigenvalue weighted by Crippen LogP contribution is -2.37. The average Bonchev–Trinajstić information content (AvgIpc) is 3.19. The number of methoxy groups -OCH3 is 3. The predicted octanol–water partition coefficient (Wildman–Crippen LogP) is 2.28. The maximum Gasteiger partial charge on any atom is 0.331 e. The molecule has 0 aliphatic carbocycles. The van der Waals surface area contributed by atoms with Gasteiger partial charge in [0, 0.05) is 19.2 Å². The molecule has 1 aromatic carbocycles. The van der Waals surface area contributed by atoms with Crippen molar-refractivity contribution in [1.82, 2.24) is 4.90 Å². The van der Waals surface area contributed by atoms with Gasteiger partial charge in [-0.1, -0.05) is 0 Å². The molecule has 7 nitrogen and oxygen atoms in total. The van der Waals surface area contributed by atoms with Crippen molar-refractivity contribution in [3.63, 3.8) is 0 Å². The third-order valence-corrected chi connectivity index (χ3v) is 4.16. The molecule has 1 fully saturated rings. The van der Waals surface area contributed by atoms with Crippen molar-refractivity contribution in [1.29, 1.82) is 0 Å². The molecule has 0 saturated carbocycles. The fraction of sp³-hybridized carbons (Fsp3) is 0.474. The molecule has 26 heavy (non-hydrogen) atoms. The summed E-state index contributed by atoms with van der Waals surface area (Å²) in [6.07, 6.45) is 4.03. The van der Waals surface area contributed by atoms with Crippen molar-refractivity contribution in [3.05, 3.63) is 23.8 Å². The molecular weight excluding hydrogens is 338 g/mol. The van der Waals surface area contributed by atoms with Gasteiger partial charge >= 0.3 is 5.97 Å². The standard InChI is InChI=1S/C19H25NO6/c1-13(19(22)20-9-5-6-10-20)26-17(21)8-7-14-11-15(23-2)18(25-4)16(12-14)24-3/h7-8,11-13H,5-6,9-10H2,1-4H3/b8-7+/t13-/m0/s1. The topological polar surface area (TPSA) is 74.3 Å². The van der Waals surface area contributed by atoms with Gasteiger partial charge in [-0.25, -0.2) is 4.79 Å². The van der Waals surface area contributed by atoms with Crippen molar-refractivity contribution in [2.24, 2.45) is 0 Å². The number of ether oxygens (including phenoxy) is 4. The molecule has 2 rings (SSSR count). The maximum atomic E-state index is 12.2. The molecule has 7 heteroatoms. The van der Waals surface area contributed by atoms with E-state index in [1.54, 1.807) is 30.0 Å². The summed E-state index contributed by atoms with van der Waals surface area (Å²) >= 11 is 0. The van der Waals surface area contributed by atoms with E-state index in [2.05, 4.69) is 0 Å². The highest BCUT2D eigenvalue weighted by atomic mass is 16.5. The Bertz CT molecular complexity index is 654. The van der Waals surface area contributed by atoms with Crippen LogP contribution < -0.4 is 14.2 Å². The van der Waals surface area contributed by atoms with E-state index in [-0.39, 0.29) is 5.91 Å². The van der Waals surface area contributed by atoms with Crippen LogP contribution in [0.5, 0.6) is 17.2 Å². The van der Waals surface area contributed by atoms with E-state index in [9.17, 15) is 9.59 Å². The molecule has 1 atom stereocenters. The summed E-state index contributed by atoms with van der Waals surface area (Å²) in [6.45, 7) is 3.04. The lowest BCUT2D eigenvalue weighted by molar-refractivity contribution is -0.154. The van der Waals surface area contributed by atoms with E-state index in [1.165, 1.54) is 27.4 Å². The Labute approximate surface area is 153 Å². The lowest BCUT2D eigenvalue weighted by atomic mass is 10.1. The summed E-state index contributed by atoms with van der Waals surface area (Å²) in [5, 5.41) is 0. The van der Waals surface area contributed by atoms with Crippen LogP contribution in [0.3, 0.4) is 0 Å². The number of esters is 1. The van der Waals surface area contributed by atoms with Gasteiger partial charge in [-0.05, 0) is 43.5 Å². The second-order valence-electron chi connectivity index (χ2n) is 5.90. The molecule has 0 unspecified atom stereocenters. The number of amides is 1. The van der Waals surface area contributed by atoms with Crippen molar-refractivity contribution in [3.8, 4) is 17.2 Å². The minimum atomic E-state index is -0.801. The number of likely N-dealkylation sites (tertiary alicyclic amines) is 1. The Kier molecular flexibility index (Phi) is 6.89. The van der Waals surface area contributed by atoms with Gasteiger partial charge in [-0.3, -0.25) is 4.79 Å². The van der Waals surface area contributed by atoms with Gasteiger partial charge in [0.2, 0.25) is 5.75 Å². The summed E-state index contributed by atoms with van der Waals surface area (Å²) in [5.74, 6) is 0.699. The quantitative estimate of drug-likeness (QED) is 0.547. The van der Waals surface area contributed by atoms with E-state index in [4.69, 9.17) is 18.9 Å². The fourth-order valence-electron chi connectivity index (χ4n) is 2.82. The number of hydrogen-bond donors (Lipinski definition) is 0. The number of benzene rings is 1. The van der Waals surface area contributed by atoms with Crippen LogP contribution in [0.25, 0.3) is 6.08 Å². The molecule has 1 saturated heterocycles. The van der Waals surface area contributed by atoms with Crippen LogP contribution in [0.2, 0.25) is 0 Å². The molecule has 0 radical (unpaired) electrons. The highest BCUT2D eigenvalue weighted by Crippen LogP contribution is 2.38. The van der Waals surface area contributed by atoms with Crippen LogP contribution in [0.15, 0.2) is 18.2 Å². The Balaban J connectivity index is 2.04. The van der Waals surface area contributed by atoms with E-state index >= 15 is 0 Å². The third kappa shape index (κ3) is 4.68. The number of nitrogens with zero attached hydrogens (tertiary/aromatic N) is 1. The first kappa shape index (κ1) is 19.6. The summed E-state index contributed by atoms with van der Waals surface area (Å²) in [4.78, 5) is 25.9. The van der Waals surface area contributed by atoms with E-state index in [0.717, 1.165) is 25.9 Å². The number of rotatable bonds is 7. The summed E-state index contributed by atoms with van der Waals surface area (Å²) < 4.78 is 21.0. The lowest BCUT2D eigenvalue weighted by Gasteiger charge is -2.19. The second-order valence-corrected chi connectivity index (χ2v) is 5.90. The highest BCUT2D eigenvalue weighted by Gasteiger charge is 2.25.